The van der Waals surface area contributed by atoms with Gasteiger partial charge in [0.1, 0.15) is 11.4 Å². The smallest absolute Gasteiger partial charge is 0.272 e. The van der Waals surface area contributed by atoms with Crippen LogP contribution in [-0.4, -0.2) is 59.9 Å². The van der Waals surface area contributed by atoms with E-state index in [2.05, 4.69) is 17.1 Å². The van der Waals surface area contributed by atoms with E-state index < -0.39 is 0 Å². The van der Waals surface area contributed by atoms with Crippen molar-refractivity contribution >= 4 is 22.7 Å². The zero-order valence-corrected chi connectivity index (χ0v) is 20.5. The fourth-order valence-electron chi connectivity index (χ4n) is 5.28. The molecule has 1 unspecified atom stereocenters. The number of piperidine rings is 1. The summed E-state index contributed by atoms with van der Waals surface area (Å²) in [6.07, 6.45) is 4.53. The van der Waals surface area contributed by atoms with E-state index in [9.17, 15) is 9.59 Å². The number of hydrogen-bond donors (Lipinski definition) is 0. The number of pyridine rings is 1. The van der Waals surface area contributed by atoms with Crippen molar-refractivity contribution in [2.75, 3.05) is 27.2 Å². The van der Waals surface area contributed by atoms with Gasteiger partial charge in [-0.15, -0.1) is 0 Å². The number of carbonyl (C=O) groups is 2. The maximum Gasteiger partial charge on any atom is 0.272 e. The van der Waals surface area contributed by atoms with E-state index in [1.807, 2.05) is 65.4 Å². The summed E-state index contributed by atoms with van der Waals surface area (Å²) < 4.78 is 5.42. The molecule has 0 N–H and O–H groups in total. The van der Waals surface area contributed by atoms with Crippen molar-refractivity contribution in [3.8, 4) is 5.75 Å². The van der Waals surface area contributed by atoms with Crippen LogP contribution in [0.4, 0.5) is 0 Å². The lowest BCUT2D eigenvalue weighted by molar-refractivity contribution is -0.134. The molecule has 2 aromatic carbocycles. The number of aromatic nitrogens is 1. The van der Waals surface area contributed by atoms with Crippen LogP contribution in [0.5, 0.6) is 5.75 Å². The van der Waals surface area contributed by atoms with Crippen LogP contribution in [0.3, 0.4) is 0 Å². The number of nitrogens with zero attached hydrogens (tertiary/aromatic N) is 3. The summed E-state index contributed by atoms with van der Waals surface area (Å²) in [5, 5.41) is 1.03. The van der Waals surface area contributed by atoms with Gasteiger partial charge >= 0.3 is 0 Å². The molecule has 1 aliphatic carbocycles. The summed E-state index contributed by atoms with van der Waals surface area (Å²) in [7, 11) is 3.64. The van der Waals surface area contributed by atoms with E-state index in [0.717, 1.165) is 48.8 Å². The lowest BCUT2D eigenvalue weighted by atomic mass is 9.84. The fourth-order valence-corrected chi connectivity index (χ4v) is 5.28. The molecule has 5 rings (SSSR count). The third kappa shape index (κ3) is 5.16. The van der Waals surface area contributed by atoms with Crippen LogP contribution >= 0.6 is 0 Å². The molecule has 2 aliphatic rings. The van der Waals surface area contributed by atoms with Crippen LogP contribution < -0.4 is 4.74 Å². The minimum Gasteiger partial charge on any atom is -0.497 e. The van der Waals surface area contributed by atoms with E-state index in [4.69, 9.17) is 4.74 Å². The zero-order valence-electron chi connectivity index (χ0n) is 20.5. The molecular formula is C29H33N3O3. The Morgan fingerprint density at radius 1 is 1.03 bits per heavy atom. The number of para-hydroxylation sites is 1. The summed E-state index contributed by atoms with van der Waals surface area (Å²) in [5.74, 6) is 1.61. The summed E-state index contributed by atoms with van der Waals surface area (Å²) in [4.78, 5) is 34.7. The number of rotatable bonds is 7. The number of likely N-dealkylation sites (tertiary alicyclic amines) is 1. The Morgan fingerprint density at radius 3 is 2.54 bits per heavy atom. The number of ether oxygens (including phenoxy) is 1. The first kappa shape index (κ1) is 23.3. The number of likely N-dealkylation sites (N-methyl/N-ethyl adjacent to an activating group) is 1. The van der Waals surface area contributed by atoms with Crippen molar-refractivity contribution in [1.29, 1.82) is 0 Å². The van der Waals surface area contributed by atoms with Crippen molar-refractivity contribution in [2.45, 2.75) is 38.1 Å². The normalized spacial score (nSPS) is 17.3. The maximum atomic E-state index is 13.2. The quantitative estimate of drug-likeness (QED) is 0.506. The molecule has 2 amide bonds. The topological polar surface area (TPSA) is 62.7 Å². The number of fused-ring (bicyclic) bond motifs is 1. The van der Waals surface area contributed by atoms with E-state index in [1.54, 1.807) is 7.11 Å². The van der Waals surface area contributed by atoms with Gasteiger partial charge in [0.15, 0.2) is 0 Å². The second-order valence-electron chi connectivity index (χ2n) is 9.87. The molecule has 1 saturated heterocycles. The lowest BCUT2D eigenvalue weighted by Gasteiger charge is -2.40. The minimum atomic E-state index is -0.0130. The molecule has 0 radical (unpaired) electrons. The highest BCUT2D eigenvalue weighted by Gasteiger charge is 2.38. The van der Waals surface area contributed by atoms with Gasteiger partial charge in [-0.05, 0) is 67.9 Å². The van der Waals surface area contributed by atoms with Gasteiger partial charge in [-0.2, -0.15) is 0 Å². The molecule has 35 heavy (non-hydrogen) atoms. The molecule has 0 bridgehead atoms. The highest BCUT2D eigenvalue weighted by atomic mass is 16.5. The van der Waals surface area contributed by atoms with E-state index in [1.165, 1.54) is 5.56 Å². The Bertz CT molecular complexity index is 1210. The maximum absolute atomic E-state index is 13.2. The van der Waals surface area contributed by atoms with Crippen LogP contribution in [0.1, 0.15) is 41.7 Å². The van der Waals surface area contributed by atoms with Gasteiger partial charge in [0.05, 0.1) is 12.6 Å². The molecule has 6 heteroatoms. The Hall–Kier alpha value is -3.41. The van der Waals surface area contributed by atoms with Gasteiger partial charge in [-0.25, -0.2) is 4.98 Å². The fraction of sp³-hybridized carbons (Fsp3) is 0.414. The first-order valence-electron chi connectivity index (χ1n) is 12.6. The molecule has 3 aromatic rings. The van der Waals surface area contributed by atoms with Crippen LogP contribution in [-0.2, 0) is 11.2 Å². The second-order valence-corrected chi connectivity index (χ2v) is 9.87. The SMILES string of the molecule is COc1cccc(CC(C2CCN(C(=O)c3ccc4ccccc4n3)CC2)N(C)C(=O)C2CC2)c1. The highest BCUT2D eigenvalue weighted by molar-refractivity contribution is 5.95. The predicted octanol–water partition coefficient (Wildman–Crippen LogP) is 4.58. The van der Waals surface area contributed by atoms with Crippen molar-refractivity contribution < 1.29 is 14.3 Å². The Kier molecular flexibility index (Phi) is 6.71. The largest absolute Gasteiger partial charge is 0.497 e. The first-order valence-corrected chi connectivity index (χ1v) is 12.6. The molecule has 1 aliphatic heterocycles. The van der Waals surface area contributed by atoms with E-state index >= 15 is 0 Å². The number of carbonyl (C=O) groups excluding carboxylic acids is 2. The summed E-state index contributed by atoms with van der Waals surface area (Å²) in [5.41, 5.74) is 2.51. The highest BCUT2D eigenvalue weighted by Crippen LogP contribution is 2.34. The summed E-state index contributed by atoms with van der Waals surface area (Å²) in [6.45, 7) is 1.36. The molecule has 0 spiro atoms. The number of benzene rings is 2. The van der Waals surface area contributed by atoms with Crippen molar-refractivity contribution in [3.63, 3.8) is 0 Å². The van der Waals surface area contributed by atoms with Gasteiger partial charge < -0.3 is 14.5 Å². The molecule has 182 valence electrons. The van der Waals surface area contributed by atoms with Crippen LogP contribution in [0.25, 0.3) is 10.9 Å². The van der Waals surface area contributed by atoms with Gasteiger partial charge in [0.2, 0.25) is 5.91 Å². The van der Waals surface area contributed by atoms with Crippen LogP contribution in [0.15, 0.2) is 60.7 Å². The molecule has 2 heterocycles. The third-order valence-corrected chi connectivity index (χ3v) is 7.54. The summed E-state index contributed by atoms with van der Waals surface area (Å²) >= 11 is 0. The third-order valence-electron chi connectivity index (χ3n) is 7.54. The standard InChI is InChI=1S/C29H33N3O3/c1-31(28(33)23-10-11-23)27(19-20-6-5-8-24(18-20)35-2)22-14-16-32(17-15-22)29(34)26-13-12-21-7-3-4-9-25(21)30-26/h3-9,12-13,18,22-23,27H,10-11,14-17,19H2,1-2H3. The van der Waals surface area contributed by atoms with Crippen molar-refractivity contribution in [3.05, 3.63) is 71.9 Å². The number of methoxy groups -OCH3 is 1. The number of amides is 2. The van der Waals surface area contributed by atoms with Gasteiger partial charge in [0, 0.05) is 37.5 Å². The summed E-state index contributed by atoms with van der Waals surface area (Å²) in [6, 6.07) is 19.9. The van der Waals surface area contributed by atoms with Crippen molar-refractivity contribution in [2.24, 2.45) is 11.8 Å². The van der Waals surface area contributed by atoms with Gasteiger partial charge in [-0.1, -0.05) is 36.4 Å². The lowest BCUT2D eigenvalue weighted by Crippen LogP contribution is -2.49. The first-order chi connectivity index (χ1) is 17.0. The Morgan fingerprint density at radius 2 is 1.80 bits per heavy atom. The number of hydrogen-bond acceptors (Lipinski definition) is 4. The van der Waals surface area contributed by atoms with Crippen molar-refractivity contribution in [1.82, 2.24) is 14.8 Å². The molecule has 1 saturated carbocycles. The molecule has 6 nitrogen and oxygen atoms in total. The average Bonchev–Trinajstić information content (AvgIpc) is 3.76. The monoisotopic (exact) mass is 471 g/mol. The Labute approximate surface area is 206 Å². The average molecular weight is 472 g/mol. The molecule has 1 atom stereocenters. The van der Waals surface area contributed by atoms with Gasteiger partial charge in [-0.3, -0.25) is 9.59 Å². The molecule has 1 aromatic heterocycles. The molecule has 2 fully saturated rings. The molecular weight excluding hydrogens is 438 g/mol. The zero-order chi connectivity index (χ0) is 24.4. The van der Waals surface area contributed by atoms with Crippen LogP contribution in [0.2, 0.25) is 0 Å². The van der Waals surface area contributed by atoms with E-state index in [0.29, 0.717) is 24.7 Å². The second kappa shape index (κ2) is 10.1. The Balaban J connectivity index is 1.29. The van der Waals surface area contributed by atoms with Crippen LogP contribution in [0, 0.1) is 11.8 Å². The van der Waals surface area contributed by atoms with Gasteiger partial charge in [0.25, 0.3) is 5.91 Å². The van der Waals surface area contributed by atoms with E-state index in [-0.39, 0.29) is 23.8 Å². The minimum absolute atomic E-state index is 0.0130. The predicted molar refractivity (Wildman–Crippen MR) is 136 cm³/mol.